The van der Waals surface area contributed by atoms with Gasteiger partial charge in [-0.2, -0.15) is 0 Å². The highest BCUT2D eigenvalue weighted by Crippen LogP contribution is 2.32. The van der Waals surface area contributed by atoms with Crippen molar-refractivity contribution in [3.8, 4) is 0 Å². The van der Waals surface area contributed by atoms with Crippen molar-refractivity contribution in [2.75, 3.05) is 0 Å². The third-order valence-electron chi connectivity index (χ3n) is 2.62. The lowest BCUT2D eigenvalue weighted by Crippen LogP contribution is -2.15. The summed E-state index contributed by atoms with van der Waals surface area (Å²) in [7, 11) is -3.00. The minimum Gasteiger partial charge on any atom is -0.223 e. The van der Waals surface area contributed by atoms with Crippen molar-refractivity contribution in [3.63, 3.8) is 0 Å². The van der Waals surface area contributed by atoms with Crippen molar-refractivity contribution in [1.82, 2.24) is 0 Å². The van der Waals surface area contributed by atoms with Gasteiger partial charge in [0, 0.05) is 0 Å². The van der Waals surface area contributed by atoms with Gasteiger partial charge in [-0.25, -0.2) is 8.42 Å². The summed E-state index contributed by atoms with van der Waals surface area (Å²) in [5, 5.41) is -0.190. The Kier molecular flexibility index (Phi) is 1.91. The molecule has 1 heterocycles. The summed E-state index contributed by atoms with van der Waals surface area (Å²) in [5.41, 5.74) is 0.981. The number of rotatable bonds is 1. The van der Waals surface area contributed by atoms with E-state index in [1.165, 1.54) is 0 Å². The Labute approximate surface area is 78.5 Å². The molecule has 2 rings (SSSR count). The molecule has 1 unspecified atom stereocenters. The van der Waals surface area contributed by atoms with Gasteiger partial charge in [-0.05, 0) is 24.5 Å². The van der Waals surface area contributed by atoms with Gasteiger partial charge in [-0.3, -0.25) is 0 Å². The Bertz CT molecular complexity index is 420. The van der Waals surface area contributed by atoms with Gasteiger partial charge in [0.2, 0.25) is 0 Å². The van der Waals surface area contributed by atoms with E-state index in [1.54, 1.807) is 12.1 Å². The smallest absolute Gasteiger partial charge is 0.181 e. The Morgan fingerprint density at radius 1 is 1.38 bits per heavy atom. The summed E-state index contributed by atoms with van der Waals surface area (Å²) >= 11 is 0. The maximum absolute atomic E-state index is 11.8. The van der Waals surface area contributed by atoms with Crippen LogP contribution in [0.25, 0.3) is 0 Å². The molecule has 0 saturated heterocycles. The molecule has 0 saturated carbocycles. The second kappa shape index (κ2) is 2.84. The average Bonchev–Trinajstić information content (AvgIpc) is 2.39. The SMILES string of the molecule is CCC1Cc2ccccc2S1(=O)=O. The van der Waals surface area contributed by atoms with Crippen molar-refractivity contribution in [1.29, 1.82) is 0 Å². The van der Waals surface area contributed by atoms with Crippen LogP contribution in [-0.2, 0) is 16.3 Å². The first-order valence-corrected chi connectivity index (χ1v) is 6.02. The van der Waals surface area contributed by atoms with E-state index in [1.807, 2.05) is 19.1 Å². The first-order valence-electron chi connectivity index (χ1n) is 4.48. The van der Waals surface area contributed by atoms with Gasteiger partial charge in [-0.1, -0.05) is 25.1 Å². The second-order valence-corrected chi connectivity index (χ2v) is 5.58. The molecule has 70 valence electrons. The molecule has 0 fully saturated rings. The van der Waals surface area contributed by atoms with E-state index in [0.717, 1.165) is 5.56 Å². The standard InChI is InChI=1S/C10H12O2S/c1-2-9-7-8-5-3-4-6-10(8)13(9,11)12/h3-6,9H,2,7H2,1H3. The summed E-state index contributed by atoms with van der Waals surface area (Å²) in [6.45, 7) is 1.92. The zero-order valence-corrected chi connectivity index (χ0v) is 8.34. The Morgan fingerprint density at radius 2 is 2.08 bits per heavy atom. The number of benzene rings is 1. The fourth-order valence-corrected chi connectivity index (χ4v) is 3.83. The van der Waals surface area contributed by atoms with Gasteiger partial charge in [0.25, 0.3) is 0 Å². The molecular weight excluding hydrogens is 184 g/mol. The monoisotopic (exact) mass is 196 g/mol. The predicted molar refractivity (Wildman–Crippen MR) is 51.4 cm³/mol. The lowest BCUT2D eigenvalue weighted by atomic mass is 10.1. The number of hydrogen-bond acceptors (Lipinski definition) is 2. The van der Waals surface area contributed by atoms with E-state index in [9.17, 15) is 8.42 Å². The fourth-order valence-electron chi connectivity index (χ4n) is 1.85. The lowest BCUT2D eigenvalue weighted by molar-refractivity contribution is 0.584. The van der Waals surface area contributed by atoms with Gasteiger partial charge >= 0.3 is 0 Å². The van der Waals surface area contributed by atoms with Crippen LogP contribution in [0.1, 0.15) is 18.9 Å². The van der Waals surface area contributed by atoms with Crippen LogP contribution in [0, 0.1) is 0 Å². The largest absolute Gasteiger partial charge is 0.223 e. The Balaban J connectivity index is 2.60. The summed E-state index contributed by atoms with van der Waals surface area (Å²) in [5.74, 6) is 0. The van der Waals surface area contributed by atoms with Crippen LogP contribution in [0.15, 0.2) is 29.2 Å². The van der Waals surface area contributed by atoms with Crippen LogP contribution in [0.2, 0.25) is 0 Å². The lowest BCUT2D eigenvalue weighted by Gasteiger charge is -2.03. The van der Waals surface area contributed by atoms with E-state index in [4.69, 9.17) is 0 Å². The van der Waals surface area contributed by atoms with E-state index in [-0.39, 0.29) is 5.25 Å². The molecule has 0 N–H and O–H groups in total. The van der Waals surface area contributed by atoms with Gasteiger partial charge in [0.05, 0.1) is 10.1 Å². The number of fused-ring (bicyclic) bond motifs is 1. The summed E-state index contributed by atoms with van der Waals surface area (Å²) in [4.78, 5) is 0.543. The van der Waals surface area contributed by atoms with Crippen LogP contribution in [-0.4, -0.2) is 13.7 Å². The van der Waals surface area contributed by atoms with Crippen molar-refractivity contribution >= 4 is 9.84 Å². The molecule has 13 heavy (non-hydrogen) atoms. The second-order valence-electron chi connectivity index (χ2n) is 3.39. The molecule has 0 spiro atoms. The van der Waals surface area contributed by atoms with Crippen LogP contribution >= 0.6 is 0 Å². The van der Waals surface area contributed by atoms with Crippen molar-refractivity contribution in [2.45, 2.75) is 29.9 Å². The summed E-state index contributed by atoms with van der Waals surface area (Å²) < 4.78 is 23.6. The topological polar surface area (TPSA) is 34.1 Å². The maximum atomic E-state index is 11.8. The van der Waals surface area contributed by atoms with Gasteiger partial charge < -0.3 is 0 Å². The molecule has 1 aromatic rings. The molecule has 0 amide bonds. The third kappa shape index (κ3) is 1.18. The molecular formula is C10H12O2S. The third-order valence-corrected chi connectivity index (χ3v) is 5.01. The van der Waals surface area contributed by atoms with Crippen LogP contribution in [0.4, 0.5) is 0 Å². The molecule has 2 nitrogen and oxygen atoms in total. The quantitative estimate of drug-likeness (QED) is 0.686. The molecule has 3 heteroatoms. The van der Waals surface area contributed by atoms with Crippen molar-refractivity contribution < 1.29 is 8.42 Å². The fraction of sp³-hybridized carbons (Fsp3) is 0.400. The van der Waals surface area contributed by atoms with E-state index >= 15 is 0 Å². The zero-order chi connectivity index (χ0) is 9.47. The molecule has 1 aliphatic heterocycles. The first kappa shape index (κ1) is 8.75. The Hall–Kier alpha value is -0.830. The summed E-state index contributed by atoms with van der Waals surface area (Å²) in [6, 6.07) is 7.30. The van der Waals surface area contributed by atoms with Crippen molar-refractivity contribution in [3.05, 3.63) is 29.8 Å². The molecule has 0 radical (unpaired) electrons. The molecule has 1 aromatic carbocycles. The normalized spacial score (nSPS) is 24.2. The average molecular weight is 196 g/mol. The molecule has 1 aliphatic rings. The number of hydrogen-bond donors (Lipinski definition) is 0. The van der Waals surface area contributed by atoms with Crippen LogP contribution in [0.5, 0.6) is 0 Å². The van der Waals surface area contributed by atoms with Crippen LogP contribution in [0.3, 0.4) is 0 Å². The van der Waals surface area contributed by atoms with E-state index in [2.05, 4.69) is 0 Å². The highest BCUT2D eigenvalue weighted by Gasteiger charge is 2.34. The zero-order valence-electron chi connectivity index (χ0n) is 7.53. The Morgan fingerprint density at radius 3 is 2.69 bits per heavy atom. The van der Waals surface area contributed by atoms with Crippen LogP contribution < -0.4 is 0 Å². The van der Waals surface area contributed by atoms with Gasteiger partial charge in [0.15, 0.2) is 9.84 Å². The highest BCUT2D eigenvalue weighted by atomic mass is 32.2. The predicted octanol–water partition coefficient (Wildman–Crippen LogP) is 1.80. The minimum atomic E-state index is -3.00. The highest BCUT2D eigenvalue weighted by molar-refractivity contribution is 7.92. The van der Waals surface area contributed by atoms with E-state index in [0.29, 0.717) is 17.7 Å². The molecule has 0 bridgehead atoms. The van der Waals surface area contributed by atoms with Gasteiger partial charge in [0.1, 0.15) is 0 Å². The molecule has 0 aromatic heterocycles. The molecule has 0 aliphatic carbocycles. The van der Waals surface area contributed by atoms with Crippen molar-refractivity contribution in [2.24, 2.45) is 0 Å². The molecule has 1 atom stereocenters. The number of sulfone groups is 1. The van der Waals surface area contributed by atoms with Gasteiger partial charge in [-0.15, -0.1) is 0 Å². The minimum absolute atomic E-state index is 0.190. The first-order chi connectivity index (χ1) is 6.16. The maximum Gasteiger partial charge on any atom is 0.181 e. The summed E-state index contributed by atoms with van der Waals surface area (Å²) in [6.07, 6.45) is 1.39. The van der Waals surface area contributed by atoms with E-state index < -0.39 is 9.84 Å².